The van der Waals surface area contributed by atoms with Crippen molar-refractivity contribution in [2.24, 2.45) is 5.73 Å². The fourth-order valence-electron chi connectivity index (χ4n) is 2.59. The van der Waals surface area contributed by atoms with E-state index in [1.165, 1.54) is 6.07 Å². The number of aromatic nitrogens is 2. The number of carbonyl (C=O) groups is 1. The monoisotopic (exact) mass is 353 g/mol. The molecule has 1 atom stereocenters. The number of nitrogens with two attached hydrogens (primary N) is 1. The van der Waals surface area contributed by atoms with Gasteiger partial charge in [-0.1, -0.05) is 41.9 Å². The highest BCUT2D eigenvalue weighted by atomic mass is 35.5. The van der Waals surface area contributed by atoms with Crippen LogP contribution in [0.3, 0.4) is 0 Å². The van der Waals surface area contributed by atoms with Crippen molar-refractivity contribution in [1.29, 1.82) is 0 Å². The van der Waals surface area contributed by atoms with Gasteiger partial charge in [-0.3, -0.25) is 9.78 Å². The van der Waals surface area contributed by atoms with Crippen molar-refractivity contribution in [1.82, 2.24) is 9.97 Å². The van der Waals surface area contributed by atoms with Crippen molar-refractivity contribution in [3.05, 3.63) is 77.2 Å². The van der Waals surface area contributed by atoms with Crippen molar-refractivity contribution in [2.45, 2.75) is 12.3 Å². The first-order chi connectivity index (χ1) is 12.0. The molecule has 1 amide bonds. The minimum absolute atomic E-state index is 0.00685. The summed E-state index contributed by atoms with van der Waals surface area (Å²) < 4.78 is 0. The van der Waals surface area contributed by atoms with Crippen molar-refractivity contribution in [3.8, 4) is 17.0 Å². The largest absolute Gasteiger partial charge is 0.506 e. The molecule has 3 rings (SSSR count). The summed E-state index contributed by atoms with van der Waals surface area (Å²) in [6.07, 6.45) is 3.57. The Bertz CT molecular complexity index is 900. The number of hydrogen-bond donors (Lipinski definition) is 2. The molecule has 25 heavy (non-hydrogen) atoms. The zero-order valence-electron chi connectivity index (χ0n) is 13.3. The van der Waals surface area contributed by atoms with E-state index >= 15 is 0 Å². The highest BCUT2D eigenvalue weighted by Crippen LogP contribution is 2.28. The highest BCUT2D eigenvalue weighted by Gasteiger charge is 2.19. The molecule has 1 heterocycles. The normalized spacial score (nSPS) is 11.9. The smallest absolute Gasteiger partial charge is 0.225 e. The minimum atomic E-state index is -0.478. The SMILES string of the molecule is NC(=O)[C@@H](Cc1cncc(-c2ccc(O)c(Cl)c2)n1)c1ccccc1. The second-order valence-electron chi connectivity index (χ2n) is 5.63. The number of phenols is 1. The van der Waals surface area contributed by atoms with Gasteiger partial charge in [-0.25, -0.2) is 4.98 Å². The molecule has 1 aromatic heterocycles. The average Bonchev–Trinajstić information content (AvgIpc) is 2.63. The molecule has 6 heteroatoms. The molecular formula is C19H16ClN3O2. The zero-order chi connectivity index (χ0) is 17.8. The highest BCUT2D eigenvalue weighted by molar-refractivity contribution is 6.32. The Kier molecular flexibility index (Phi) is 4.95. The minimum Gasteiger partial charge on any atom is -0.506 e. The Morgan fingerprint density at radius 1 is 1.16 bits per heavy atom. The first-order valence-corrected chi connectivity index (χ1v) is 8.06. The van der Waals surface area contributed by atoms with Crippen molar-refractivity contribution >= 4 is 17.5 Å². The Labute approximate surface area is 150 Å². The van der Waals surface area contributed by atoms with E-state index < -0.39 is 11.8 Å². The number of rotatable bonds is 5. The van der Waals surface area contributed by atoms with E-state index in [-0.39, 0.29) is 10.8 Å². The number of aromatic hydroxyl groups is 1. The molecule has 3 aromatic rings. The molecule has 3 N–H and O–H groups in total. The summed E-state index contributed by atoms with van der Waals surface area (Å²) in [7, 11) is 0. The van der Waals surface area contributed by atoms with Gasteiger partial charge in [0.1, 0.15) is 5.75 Å². The van der Waals surface area contributed by atoms with Gasteiger partial charge in [-0.2, -0.15) is 0 Å². The fourth-order valence-corrected chi connectivity index (χ4v) is 2.77. The maximum Gasteiger partial charge on any atom is 0.225 e. The lowest BCUT2D eigenvalue weighted by atomic mass is 9.93. The standard InChI is InChI=1S/C19H16ClN3O2/c20-16-8-13(6-7-18(16)24)17-11-22-10-14(23-17)9-15(19(21)25)12-4-2-1-3-5-12/h1-8,10-11,15,24H,9H2,(H2,21,25)/t15-/m0/s1. The third-order valence-electron chi connectivity index (χ3n) is 3.89. The summed E-state index contributed by atoms with van der Waals surface area (Å²) in [5.74, 6) is -0.882. The molecule has 5 nitrogen and oxygen atoms in total. The molecule has 0 fully saturated rings. The van der Waals surface area contributed by atoms with Crippen molar-refractivity contribution in [2.75, 3.05) is 0 Å². The van der Waals surface area contributed by atoms with Gasteiger partial charge in [0.05, 0.1) is 28.5 Å². The van der Waals surface area contributed by atoms with Gasteiger partial charge in [0.2, 0.25) is 5.91 Å². The zero-order valence-corrected chi connectivity index (χ0v) is 14.0. The molecule has 0 bridgehead atoms. The van der Waals surface area contributed by atoms with Crippen LogP contribution in [0.15, 0.2) is 60.9 Å². The number of nitrogens with zero attached hydrogens (tertiary/aromatic N) is 2. The summed E-state index contributed by atoms with van der Waals surface area (Å²) >= 11 is 5.95. The number of halogens is 1. The third kappa shape index (κ3) is 3.95. The molecular weight excluding hydrogens is 338 g/mol. The number of primary amides is 1. The lowest BCUT2D eigenvalue weighted by Crippen LogP contribution is -2.23. The average molecular weight is 354 g/mol. The van der Waals surface area contributed by atoms with Crippen LogP contribution < -0.4 is 5.73 Å². The fraction of sp³-hybridized carbons (Fsp3) is 0.105. The van der Waals surface area contributed by atoms with Crippen LogP contribution >= 0.6 is 11.6 Å². The van der Waals surface area contributed by atoms with Crippen LogP contribution in [0.5, 0.6) is 5.75 Å². The Hall–Kier alpha value is -2.92. The van der Waals surface area contributed by atoms with E-state index in [1.807, 2.05) is 30.3 Å². The van der Waals surface area contributed by atoms with Gasteiger partial charge in [0.25, 0.3) is 0 Å². The summed E-state index contributed by atoms with van der Waals surface area (Å²) in [4.78, 5) is 20.6. The van der Waals surface area contributed by atoms with Crippen LogP contribution in [0.1, 0.15) is 17.2 Å². The Morgan fingerprint density at radius 3 is 2.60 bits per heavy atom. The molecule has 126 valence electrons. The number of benzene rings is 2. The molecule has 0 aliphatic carbocycles. The summed E-state index contributed by atoms with van der Waals surface area (Å²) in [6.45, 7) is 0. The van der Waals surface area contributed by atoms with Crippen molar-refractivity contribution < 1.29 is 9.90 Å². The molecule has 0 saturated heterocycles. The number of hydrogen-bond acceptors (Lipinski definition) is 4. The first kappa shape index (κ1) is 16.9. The van der Waals surface area contributed by atoms with Crippen LogP contribution in [-0.2, 0) is 11.2 Å². The third-order valence-corrected chi connectivity index (χ3v) is 4.19. The lowest BCUT2D eigenvalue weighted by Gasteiger charge is -2.13. The topological polar surface area (TPSA) is 89.1 Å². The second-order valence-corrected chi connectivity index (χ2v) is 6.04. The summed E-state index contributed by atoms with van der Waals surface area (Å²) in [5, 5.41) is 9.77. The van der Waals surface area contributed by atoms with E-state index in [9.17, 15) is 9.90 Å². The van der Waals surface area contributed by atoms with E-state index in [0.29, 0.717) is 17.8 Å². The molecule has 0 saturated carbocycles. The maximum atomic E-state index is 11.9. The van der Waals surface area contributed by atoms with Gasteiger partial charge in [-0.15, -0.1) is 0 Å². The van der Waals surface area contributed by atoms with Crippen molar-refractivity contribution in [3.63, 3.8) is 0 Å². The van der Waals surface area contributed by atoms with E-state index in [4.69, 9.17) is 17.3 Å². The number of phenolic OH excluding ortho intramolecular Hbond substituents is 1. The van der Waals surface area contributed by atoms with Gasteiger partial charge in [-0.05, 0) is 23.8 Å². The quantitative estimate of drug-likeness (QED) is 0.736. The molecule has 0 aliphatic rings. The van der Waals surface area contributed by atoms with Gasteiger partial charge in [0.15, 0.2) is 0 Å². The summed E-state index contributed by atoms with van der Waals surface area (Å²) in [5.41, 5.74) is 8.40. The molecule has 2 aromatic carbocycles. The predicted molar refractivity (Wildman–Crippen MR) is 96.2 cm³/mol. The predicted octanol–water partition coefficient (Wildman–Crippen LogP) is 3.31. The molecule has 0 aliphatic heterocycles. The van der Waals surface area contributed by atoms with Crippen LogP contribution in [0, 0.1) is 0 Å². The number of amides is 1. The maximum absolute atomic E-state index is 11.9. The molecule has 0 radical (unpaired) electrons. The van der Waals surface area contributed by atoms with E-state index in [0.717, 1.165) is 11.1 Å². The first-order valence-electron chi connectivity index (χ1n) is 7.68. The van der Waals surface area contributed by atoms with E-state index in [1.54, 1.807) is 24.5 Å². The van der Waals surface area contributed by atoms with Gasteiger partial charge in [0, 0.05) is 18.2 Å². The van der Waals surface area contributed by atoms with Crippen LogP contribution in [0.2, 0.25) is 5.02 Å². The lowest BCUT2D eigenvalue weighted by molar-refractivity contribution is -0.119. The van der Waals surface area contributed by atoms with Crippen LogP contribution in [0.25, 0.3) is 11.3 Å². The Morgan fingerprint density at radius 2 is 1.92 bits per heavy atom. The summed E-state index contributed by atoms with van der Waals surface area (Å²) in [6, 6.07) is 14.2. The molecule has 0 spiro atoms. The number of carbonyl (C=O) groups excluding carboxylic acids is 1. The van der Waals surface area contributed by atoms with Crippen LogP contribution in [-0.4, -0.2) is 21.0 Å². The Balaban J connectivity index is 1.90. The van der Waals surface area contributed by atoms with Gasteiger partial charge >= 0.3 is 0 Å². The van der Waals surface area contributed by atoms with Crippen LogP contribution in [0.4, 0.5) is 0 Å². The van der Waals surface area contributed by atoms with Gasteiger partial charge < -0.3 is 10.8 Å². The second kappa shape index (κ2) is 7.32. The molecule has 0 unspecified atom stereocenters. The van der Waals surface area contributed by atoms with E-state index in [2.05, 4.69) is 9.97 Å².